The van der Waals surface area contributed by atoms with Crippen LogP contribution in [-0.2, 0) is 33.5 Å². The molecule has 0 radical (unpaired) electrons. The highest BCUT2D eigenvalue weighted by Gasteiger charge is 2.39. The van der Waals surface area contributed by atoms with E-state index in [2.05, 4.69) is 15.5 Å². The second-order valence-electron chi connectivity index (χ2n) is 12.1. The molecule has 6 rings (SSSR count). The van der Waals surface area contributed by atoms with Gasteiger partial charge in [0.15, 0.2) is 0 Å². The highest BCUT2D eigenvalue weighted by molar-refractivity contribution is 6.04. The highest BCUT2D eigenvalue weighted by atomic mass is 19.4. The number of carbonyl (C=O) groups is 3. The van der Waals surface area contributed by atoms with E-state index in [0.29, 0.717) is 48.1 Å². The van der Waals surface area contributed by atoms with Gasteiger partial charge in [0.05, 0.1) is 36.7 Å². The van der Waals surface area contributed by atoms with Crippen LogP contribution in [0.4, 0.5) is 23.4 Å². The topological polar surface area (TPSA) is 109 Å². The van der Waals surface area contributed by atoms with Crippen LogP contribution in [0.1, 0.15) is 41.0 Å². The number of morpholine rings is 1. The van der Waals surface area contributed by atoms with Crippen LogP contribution >= 0.6 is 0 Å². The number of amides is 3. The molecule has 1 atom stereocenters. The Balaban J connectivity index is 0.000000668. The molecule has 52 heavy (non-hydrogen) atoms. The first kappa shape index (κ1) is 37.9. The number of ether oxygens (including phenoxy) is 1. The number of aromatic nitrogens is 2. The van der Waals surface area contributed by atoms with Gasteiger partial charge in [0.2, 0.25) is 5.91 Å². The number of hydrogen-bond acceptors (Lipinski definition) is 6. The zero-order valence-corrected chi connectivity index (χ0v) is 28.8. The molecule has 0 spiro atoms. The first-order valence-corrected chi connectivity index (χ1v) is 16.9. The number of allylic oxidation sites excluding steroid dienone is 1. The number of nitrogens with one attached hydrogen (secondary N) is 2. The Kier molecular flexibility index (Phi) is 12.6. The van der Waals surface area contributed by atoms with E-state index in [1.165, 1.54) is 23.1 Å². The summed E-state index contributed by atoms with van der Waals surface area (Å²) in [7, 11) is 0. The van der Waals surface area contributed by atoms with Crippen LogP contribution in [0, 0.1) is 5.82 Å². The molecule has 3 aromatic carbocycles. The average Bonchev–Trinajstić information content (AvgIpc) is 3.52. The smallest absolute Gasteiger partial charge is 0.379 e. The van der Waals surface area contributed by atoms with Gasteiger partial charge in [0.25, 0.3) is 11.8 Å². The predicted molar refractivity (Wildman–Crippen MR) is 187 cm³/mol. The lowest BCUT2D eigenvalue weighted by Crippen LogP contribution is -2.53. The average molecular weight is 721 g/mol. The van der Waals surface area contributed by atoms with E-state index >= 15 is 0 Å². The number of benzene rings is 3. The van der Waals surface area contributed by atoms with Gasteiger partial charge >= 0.3 is 6.18 Å². The number of alkyl halides is 3. The number of anilines is 1. The van der Waals surface area contributed by atoms with E-state index in [0.717, 1.165) is 31.3 Å². The van der Waals surface area contributed by atoms with Gasteiger partial charge in [0.1, 0.15) is 17.7 Å². The summed E-state index contributed by atoms with van der Waals surface area (Å²) in [6, 6.07) is 20.2. The Bertz CT molecular complexity index is 1880. The zero-order chi connectivity index (χ0) is 37.3. The lowest BCUT2D eigenvalue weighted by atomic mass is 9.98. The molecule has 4 aromatic rings. The Morgan fingerprint density at radius 1 is 0.981 bits per heavy atom. The number of halogens is 4. The highest BCUT2D eigenvalue weighted by Crippen LogP contribution is 2.34. The van der Waals surface area contributed by atoms with E-state index in [1.54, 1.807) is 35.9 Å². The number of carbonyl (C=O) groups excluding carboxylic acids is 3. The van der Waals surface area contributed by atoms with Crippen molar-refractivity contribution in [2.45, 2.75) is 39.0 Å². The van der Waals surface area contributed by atoms with Crippen LogP contribution in [0.5, 0.6) is 0 Å². The van der Waals surface area contributed by atoms with E-state index in [1.807, 2.05) is 37.3 Å². The molecule has 10 nitrogen and oxygen atoms in total. The Morgan fingerprint density at radius 2 is 1.65 bits per heavy atom. The van der Waals surface area contributed by atoms with Crippen LogP contribution in [0.3, 0.4) is 0 Å². The molecular formula is C38H40F4N6O4. The molecular weight excluding hydrogens is 680 g/mol. The number of hydrogen-bond donors (Lipinski definition) is 2. The van der Waals surface area contributed by atoms with E-state index < -0.39 is 29.6 Å². The SMILES string of the molecule is C/C=C(\CN1CCOCC1)C(=O)NCc1nn(-c2ccccc2)c2c1CC(NC(=O)c1cccc(C(F)(F)F)c1)C(=O)N2CC.Fc1ccccc1. The third-order valence-corrected chi connectivity index (χ3v) is 8.63. The molecule has 2 aliphatic heterocycles. The van der Waals surface area contributed by atoms with Crippen molar-refractivity contribution in [2.75, 3.05) is 44.3 Å². The standard InChI is InChI=1S/C32H35F3N6O4.C6H5F/c1-3-21(20-39-13-15-45-16-14-39)28(42)36-19-27-25-18-26(37-29(43)22-9-8-10-23(17-22)32(33,34)35)31(44)40(4-2)30(25)41(38-27)24-11-6-5-7-12-24;7-6-4-2-1-3-5-6/h3,5-12,17,26H,4,13-16,18-20H2,1-2H3,(H,36,42)(H,37,43);1-5H/b21-3+;. The van der Waals surface area contributed by atoms with Crippen molar-refractivity contribution in [1.29, 1.82) is 0 Å². The lowest BCUT2D eigenvalue weighted by molar-refractivity contribution is -0.137. The van der Waals surface area contributed by atoms with Crippen LogP contribution in [0.2, 0.25) is 0 Å². The first-order valence-electron chi connectivity index (χ1n) is 16.9. The zero-order valence-electron chi connectivity index (χ0n) is 28.8. The van der Waals surface area contributed by atoms with Crippen LogP contribution in [0.15, 0.2) is 96.6 Å². The second-order valence-corrected chi connectivity index (χ2v) is 12.1. The Hall–Kier alpha value is -5.34. The van der Waals surface area contributed by atoms with Crippen molar-refractivity contribution < 1.29 is 36.7 Å². The maximum atomic E-state index is 13.7. The van der Waals surface area contributed by atoms with Gasteiger partial charge < -0.3 is 15.4 Å². The molecule has 2 N–H and O–H groups in total. The van der Waals surface area contributed by atoms with Crippen molar-refractivity contribution in [2.24, 2.45) is 0 Å². The lowest BCUT2D eigenvalue weighted by Gasteiger charge is -2.33. The number of para-hydroxylation sites is 1. The van der Waals surface area contributed by atoms with E-state index in [9.17, 15) is 31.9 Å². The molecule has 0 aliphatic carbocycles. The maximum Gasteiger partial charge on any atom is 0.416 e. The van der Waals surface area contributed by atoms with Gasteiger partial charge in [-0.2, -0.15) is 18.3 Å². The summed E-state index contributed by atoms with van der Waals surface area (Å²) in [6.45, 7) is 7.05. The summed E-state index contributed by atoms with van der Waals surface area (Å²) < 4.78 is 58.8. The van der Waals surface area contributed by atoms with Gasteiger partial charge in [0, 0.05) is 49.3 Å². The normalized spacial score (nSPS) is 16.4. The monoisotopic (exact) mass is 720 g/mol. The van der Waals surface area contributed by atoms with Gasteiger partial charge in [-0.3, -0.25) is 24.2 Å². The van der Waals surface area contributed by atoms with Crippen LogP contribution < -0.4 is 15.5 Å². The minimum atomic E-state index is -4.62. The molecule has 274 valence electrons. The summed E-state index contributed by atoms with van der Waals surface area (Å²) >= 11 is 0. The predicted octanol–water partition coefficient (Wildman–Crippen LogP) is 5.32. The fourth-order valence-corrected chi connectivity index (χ4v) is 5.93. The van der Waals surface area contributed by atoms with Gasteiger partial charge in [-0.25, -0.2) is 9.07 Å². The number of likely N-dealkylation sites (N-methyl/N-ethyl adjacent to an activating group) is 1. The minimum Gasteiger partial charge on any atom is -0.379 e. The third-order valence-electron chi connectivity index (χ3n) is 8.63. The van der Waals surface area contributed by atoms with Crippen molar-refractivity contribution in [3.8, 4) is 5.69 Å². The van der Waals surface area contributed by atoms with Crippen molar-refractivity contribution in [3.63, 3.8) is 0 Å². The van der Waals surface area contributed by atoms with E-state index in [-0.39, 0.29) is 36.8 Å². The fraction of sp³-hybridized carbons (Fsp3) is 0.316. The molecule has 1 aromatic heterocycles. The van der Waals surface area contributed by atoms with Crippen molar-refractivity contribution in [1.82, 2.24) is 25.3 Å². The maximum absolute atomic E-state index is 13.7. The number of nitrogens with zero attached hydrogens (tertiary/aromatic N) is 4. The molecule has 1 fully saturated rings. The molecule has 3 amide bonds. The molecule has 0 bridgehead atoms. The molecule has 1 saturated heterocycles. The molecule has 3 heterocycles. The molecule has 2 aliphatic rings. The summed E-state index contributed by atoms with van der Waals surface area (Å²) in [5.41, 5.74) is 1.28. The molecule has 14 heteroatoms. The Morgan fingerprint density at radius 3 is 2.25 bits per heavy atom. The number of rotatable bonds is 9. The van der Waals surface area contributed by atoms with Crippen LogP contribution in [0.25, 0.3) is 5.69 Å². The Labute approximate surface area is 299 Å². The summed E-state index contributed by atoms with van der Waals surface area (Å²) in [5, 5.41) is 10.4. The van der Waals surface area contributed by atoms with Crippen molar-refractivity contribution in [3.05, 3.63) is 125 Å². The van der Waals surface area contributed by atoms with Gasteiger partial charge in [-0.1, -0.05) is 48.5 Å². The largest absolute Gasteiger partial charge is 0.416 e. The van der Waals surface area contributed by atoms with Crippen molar-refractivity contribution >= 4 is 23.5 Å². The summed E-state index contributed by atoms with van der Waals surface area (Å²) in [4.78, 5) is 43.7. The molecule has 0 saturated carbocycles. The third kappa shape index (κ3) is 9.30. The van der Waals surface area contributed by atoms with Gasteiger partial charge in [-0.15, -0.1) is 0 Å². The fourth-order valence-electron chi connectivity index (χ4n) is 5.93. The van der Waals surface area contributed by atoms with Gasteiger partial charge in [-0.05, 0) is 56.3 Å². The quantitative estimate of drug-likeness (QED) is 0.179. The first-order chi connectivity index (χ1) is 25.0. The summed E-state index contributed by atoms with van der Waals surface area (Å²) in [5.74, 6) is -1.13. The van der Waals surface area contributed by atoms with Crippen LogP contribution in [-0.4, -0.2) is 77.8 Å². The molecule has 1 unspecified atom stereocenters. The summed E-state index contributed by atoms with van der Waals surface area (Å²) in [6.07, 6.45) is -2.80. The second kappa shape index (κ2) is 17.2. The number of fused-ring (bicyclic) bond motifs is 1. The van der Waals surface area contributed by atoms with E-state index in [4.69, 9.17) is 9.84 Å². The minimum absolute atomic E-state index is 0.0393.